The first-order chi connectivity index (χ1) is 11.7. The summed E-state index contributed by atoms with van der Waals surface area (Å²) in [6.45, 7) is 0. The zero-order valence-corrected chi connectivity index (χ0v) is 14.3. The van der Waals surface area contributed by atoms with Crippen molar-refractivity contribution in [1.29, 1.82) is 0 Å². The largest absolute Gasteiger partial charge is 0.495 e. The van der Waals surface area contributed by atoms with Crippen molar-refractivity contribution in [1.82, 2.24) is 4.98 Å². The molecule has 3 aromatic rings. The molecule has 0 saturated heterocycles. The van der Waals surface area contributed by atoms with E-state index in [1.54, 1.807) is 23.6 Å². The van der Waals surface area contributed by atoms with Crippen molar-refractivity contribution in [2.45, 2.75) is 0 Å². The van der Waals surface area contributed by atoms with Crippen LogP contribution < -0.4 is 15.4 Å². The lowest BCUT2D eigenvalue weighted by Gasteiger charge is -2.07. The highest BCUT2D eigenvalue weighted by Crippen LogP contribution is 2.28. The van der Waals surface area contributed by atoms with E-state index in [9.17, 15) is 4.79 Å². The number of para-hydroxylation sites is 1. The molecule has 2 aromatic carbocycles. The van der Waals surface area contributed by atoms with E-state index in [2.05, 4.69) is 15.6 Å². The summed E-state index contributed by atoms with van der Waals surface area (Å²) in [5.41, 5.74) is 1.84. The molecule has 0 saturated carbocycles. The van der Waals surface area contributed by atoms with Crippen molar-refractivity contribution in [3.8, 4) is 5.75 Å². The van der Waals surface area contributed by atoms with Crippen molar-refractivity contribution in [3.05, 3.63) is 64.6 Å². The van der Waals surface area contributed by atoms with Crippen LogP contribution in [-0.2, 0) is 0 Å². The summed E-state index contributed by atoms with van der Waals surface area (Å²) in [6.07, 6.45) is 0. The number of carbonyl (C=O) groups excluding carboxylic acids is 1. The van der Waals surface area contributed by atoms with Gasteiger partial charge in [0.05, 0.1) is 12.1 Å². The number of thiazole rings is 1. The fraction of sp³-hybridized carbons (Fsp3) is 0.0588. The van der Waals surface area contributed by atoms with Gasteiger partial charge in [0.15, 0.2) is 5.13 Å². The number of methoxy groups -OCH3 is 1. The van der Waals surface area contributed by atoms with Gasteiger partial charge in [0.2, 0.25) is 0 Å². The molecule has 7 heteroatoms. The maximum Gasteiger partial charge on any atom is 0.275 e. The van der Waals surface area contributed by atoms with Gasteiger partial charge in [-0.15, -0.1) is 11.3 Å². The van der Waals surface area contributed by atoms with Crippen LogP contribution in [0.4, 0.5) is 16.5 Å². The monoisotopic (exact) mass is 359 g/mol. The molecule has 0 spiro atoms. The highest BCUT2D eigenvalue weighted by atomic mass is 35.5. The van der Waals surface area contributed by atoms with Crippen LogP contribution in [0, 0.1) is 0 Å². The molecule has 1 aromatic heterocycles. The maximum absolute atomic E-state index is 12.3. The van der Waals surface area contributed by atoms with Crippen molar-refractivity contribution in [2.24, 2.45) is 0 Å². The number of carbonyl (C=O) groups is 1. The van der Waals surface area contributed by atoms with Crippen molar-refractivity contribution in [3.63, 3.8) is 0 Å². The molecular weight excluding hydrogens is 346 g/mol. The van der Waals surface area contributed by atoms with Gasteiger partial charge in [0, 0.05) is 16.8 Å². The minimum atomic E-state index is -0.298. The molecule has 24 heavy (non-hydrogen) atoms. The first-order valence-corrected chi connectivity index (χ1v) is 8.34. The van der Waals surface area contributed by atoms with Gasteiger partial charge in [-0.3, -0.25) is 4.79 Å². The Morgan fingerprint density at radius 2 is 1.96 bits per heavy atom. The fourth-order valence-corrected chi connectivity index (χ4v) is 2.99. The molecule has 5 nitrogen and oxygen atoms in total. The molecule has 0 unspecified atom stereocenters. The second-order valence-corrected chi connectivity index (χ2v) is 6.10. The van der Waals surface area contributed by atoms with Crippen LogP contribution in [-0.4, -0.2) is 18.0 Å². The topological polar surface area (TPSA) is 63.2 Å². The van der Waals surface area contributed by atoms with Gasteiger partial charge in [-0.1, -0.05) is 29.8 Å². The Morgan fingerprint density at radius 3 is 2.67 bits per heavy atom. The molecule has 2 N–H and O–H groups in total. The zero-order valence-electron chi connectivity index (χ0n) is 12.7. The predicted octanol–water partition coefficient (Wildman–Crippen LogP) is 4.80. The molecule has 0 radical (unpaired) electrons. The number of halogens is 1. The maximum atomic E-state index is 12.3. The minimum absolute atomic E-state index is 0.298. The quantitative estimate of drug-likeness (QED) is 0.686. The summed E-state index contributed by atoms with van der Waals surface area (Å²) in [6, 6.07) is 14.7. The second-order valence-electron chi connectivity index (χ2n) is 4.83. The van der Waals surface area contributed by atoms with Gasteiger partial charge < -0.3 is 15.4 Å². The van der Waals surface area contributed by atoms with Crippen LogP contribution in [0.2, 0.25) is 5.02 Å². The van der Waals surface area contributed by atoms with Crippen LogP contribution >= 0.6 is 22.9 Å². The van der Waals surface area contributed by atoms with Gasteiger partial charge in [0.25, 0.3) is 5.91 Å². The van der Waals surface area contributed by atoms with Crippen LogP contribution in [0.5, 0.6) is 5.75 Å². The summed E-state index contributed by atoms with van der Waals surface area (Å²) in [4.78, 5) is 16.6. The van der Waals surface area contributed by atoms with Gasteiger partial charge in [-0.05, 0) is 30.3 Å². The third-order valence-corrected chi connectivity index (χ3v) is 4.22. The van der Waals surface area contributed by atoms with E-state index in [0.29, 0.717) is 27.3 Å². The zero-order chi connectivity index (χ0) is 16.9. The Morgan fingerprint density at radius 1 is 1.17 bits per heavy atom. The van der Waals surface area contributed by atoms with Crippen LogP contribution in [0.1, 0.15) is 10.5 Å². The Balaban J connectivity index is 1.68. The first kappa shape index (κ1) is 16.3. The van der Waals surface area contributed by atoms with E-state index in [0.717, 1.165) is 5.69 Å². The molecule has 0 aliphatic heterocycles. The summed E-state index contributed by atoms with van der Waals surface area (Å²) >= 11 is 7.42. The highest BCUT2D eigenvalue weighted by molar-refractivity contribution is 7.14. The number of rotatable bonds is 5. The van der Waals surface area contributed by atoms with Gasteiger partial charge >= 0.3 is 0 Å². The standard InChI is InChI=1S/C17H14ClN3O2S/c1-23-15-8-7-12(9-13(15)18)19-16(22)14-10-24-17(21-14)20-11-5-3-2-4-6-11/h2-10H,1H3,(H,19,22)(H,20,21). The van der Waals surface area contributed by atoms with E-state index in [1.807, 2.05) is 30.3 Å². The fourth-order valence-electron chi connectivity index (χ4n) is 2.02. The van der Waals surface area contributed by atoms with Crippen molar-refractivity contribution in [2.75, 3.05) is 17.7 Å². The summed E-state index contributed by atoms with van der Waals surface area (Å²) in [7, 11) is 1.54. The predicted molar refractivity (Wildman–Crippen MR) is 97.8 cm³/mol. The Labute approximate surface area is 148 Å². The number of aromatic nitrogens is 1. The lowest BCUT2D eigenvalue weighted by atomic mass is 10.3. The molecule has 0 fully saturated rings. The number of nitrogens with zero attached hydrogens (tertiary/aromatic N) is 1. The van der Waals surface area contributed by atoms with E-state index in [1.165, 1.54) is 18.4 Å². The lowest BCUT2D eigenvalue weighted by Crippen LogP contribution is -2.12. The number of anilines is 3. The van der Waals surface area contributed by atoms with Gasteiger partial charge in [-0.2, -0.15) is 0 Å². The Kier molecular flexibility index (Phi) is 4.98. The Bertz CT molecular complexity index is 852. The summed E-state index contributed by atoms with van der Waals surface area (Å²) < 4.78 is 5.09. The van der Waals surface area contributed by atoms with E-state index < -0.39 is 0 Å². The van der Waals surface area contributed by atoms with E-state index in [4.69, 9.17) is 16.3 Å². The average Bonchev–Trinajstić information content (AvgIpc) is 3.04. The van der Waals surface area contributed by atoms with Crippen LogP contribution in [0.25, 0.3) is 0 Å². The number of ether oxygens (including phenoxy) is 1. The second kappa shape index (κ2) is 7.33. The molecule has 1 amide bonds. The number of benzene rings is 2. The average molecular weight is 360 g/mol. The summed E-state index contributed by atoms with van der Waals surface area (Å²) in [5, 5.41) is 8.70. The molecule has 0 aliphatic carbocycles. The number of hydrogen-bond acceptors (Lipinski definition) is 5. The molecular formula is C17H14ClN3O2S. The number of hydrogen-bond donors (Lipinski definition) is 2. The Hall–Kier alpha value is -2.57. The molecule has 122 valence electrons. The first-order valence-electron chi connectivity index (χ1n) is 7.08. The molecule has 0 aliphatic rings. The summed E-state index contributed by atoms with van der Waals surface area (Å²) in [5.74, 6) is 0.256. The molecule has 0 bridgehead atoms. The third-order valence-electron chi connectivity index (χ3n) is 3.17. The SMILES string of the molecule is COc1ccc(NC(=O)c2csc(Nc3ccccc3)n2)cc1Cl. The highest BCUT2D eigenvalue weighted by Gasteiger charge is 2.12. The molecule has 1 heterocycles. The normalized spacial score (nSPS) is 10.2. The van der Waals surface area contributed by atoms with Crippen LogP contribution in [0.15, 0.2) is 53.9 Å². The van der Waals surface area contributed by atoms with Gasteiger partial charge in [-0.25, -0.2) is 4.98 Å². The minimum Gasteiger partial charge on any atom is -0.495 e. The van der Waals surface area contributed by atoms with Crippen molar-refractivity contribution >= 4 is 45.4 Å². The smallest absolute Gasteiger partial charge is 0.275 e. The van der Waals surface area contributed by atoms with E-state index in [-0.39, 0.29) is 5.91 Å². The number of amides is 1. The van der Waals surface area contributed by atoms with Crippen LogP contribution in [0.3, 0.4) is 0 Å². The molecule has 3 rings (SSSR count). The number of nitrogens with one attached hydrogen (secondary N) is 2. The van der Waals surface area contributed by atoms with E-state index >= 15 is 0 Å². The van der Waals surface area contributed by atoms with Gasteiger partial charge in [0.1, 0.15) is 11.4 Å². The van der Waals surface area contributed by atoms with Crippen molar-refractivity contribution < 1.29 is 9.53 Å². The third kappa shape index (κ3) is 3.84. The molecule has 0 atom stereocenters. The lowest BCUT2D eigenvalue weighted by molar-refractivity contribution is 0.102.